The lowest BCUT2D eigenvalue weighted by Crippen LogP contribution is -2.59. The molecule has 1 aromatic rings. The molecule has 2 amide bonds. The Labute approximate surface area is 157 Å². The van der Waals surface area contributed by atoms with Gasteiger partial charge < -0.3 is 25.0 Å². The van der Waals surface area contributed by atoms with Crippen LogP contribution in [-0.2, 0) is 15.9 Å². The van der Waals surface area contributed by atoms with Gasteiger partial charge in [0, 0.05) is 39.1 Å². The van der Waals surface area contributed by atoms with Gasteiger partial charge in [0.2, 0.25) is 0 Å². The van der Waals surface area contributed by atoms with E-state index in [-0.39, 0.29) is 6.03 Å². The molecule has 0 spiro atoms. The Hall–Kier alpha value is -1.05. The number of urea groups is 1. The van der Waals surface area contributed by atoms with Crippen molar-refractivity contribution in [3.05, 3.63) is 33.8 Å². The quantitative estimate of drug-likeness (QED) is 0.828. The van der Waals surface area contributed by atoms with Crippen LogP contribution in [0.1, 0.15) is 5.56 Å². The Bertz CT molecular complexity index is 603. The molecule has 0 aliphatic carbocycles. The van der Waals surface area contributed by atoms with E-state index >= 15 is 0 Å². The molecule has 0 aromatic heterocycles. The zero-order valence-corrected chi connectivity index (χ0v) is 15.5. The van der Waals surface area contributed by atoms with Crippen LogP contribution >= 0.6 is 23.2 Å². The number of morpholine rings is 2. The van der Waals surface area contributed by atoms with E-state index < -0.39 is 5.60 Å². The lowest BCUT2D eigenvalue weighted by molar-refractivity contribution is -0.0628. The third-order valence-corrected chi connectivity index (χ3v) is 5.24. The number of nitrogens with zero attached hydrogens (tertiary/aromatic N) is 1. The van der Waals surface area contributed by atoms with E-state index in [2.05, 4.69) is 10.6 Å². The van der Waals surface area contributed by atoms with Gasteiger partial charge in [0.15, 0.2) is 0 Å². The summed E-state index contributed by atoms with van der Waals surface area (Å²) in [6.45, 7) is 4.90. The van der Waals surface area contributed by atoms with Gasteiger partial charge in [-0.2, -0.15) is 0 Å². The van der Waals surface area contributed by atoms with Crippen LogP contribution in [0.3, 0.4) is 0 Å². The summed E-state index contributed by atoms with van der Waals surface area (Å²) in [6, 6.07) is 5.51. The molecule has 138 valence electrons. The summed E-state index contributed by atoms with van der Waals surface area (Å²) in [7, 11) is 0. The Morgan fingerprint density at radius 1 is 1.24 bits per heavy atom. The molecule has 1 unspecified atom stereocenters. The van der Waals surface area contributed by atoms with Crippen LogP contribution in [-0.4, -0.2) is 69.1 Å². The minimum Gasteiger partial charge on any atom is -0.378 e. The average Bonchev–Trinajstić information content (AvgIpc) is 2.64. The normalized spacial score (nSPS) is 24.2. The lowest BCUT2D eigenvalue weighted by atomic mass is 9.93. The van der Waals surface area contributed by atoms with Crippen LogP contribution in [0.4, 0.5) is 4.79 Å². The van der Waals surface area contributed by atoms with E-state index in [1.54, 1.807) is 11.0 Å². The Balaban J connectivity index is 1.65. The van der Waals surface area contributed by atoms with Crippen LogP contribution in [0.15, 0.2) is 18.2 Å². The van der Waals surface area contributed by atoms with Crippen LogP contribution < -0.4 is 10.6 Å². The van der Waals surface area contributed by atoms with Crippen molar-refractivity contribution >= 4 is 29.2 Å². The number of halogens is 2. The summed E-state index contributed by atoms with van der Waals surface area (Å²) < 4.78 is 11.4. The maximum Gasteiger partial charge on any atom is 0.317 e. The van der Waals surface area contributed by atoms with Gasteiger partial charge in [-0.05, 0) is 17.7 Å². The van der Waals surface area contributed by atoms with Crippen molar-refractivity contribution in [2.75, 3.05) is 52.5 Å². The fourth-order valence-electron chi connectivity index (χ4n) is 3.13. The van der Waals surface area contributed by atoms with Gasteiger partial charge in [0.1, 0.15) is 5.60 Å². The van der Waals surface area contributed by atoms with E-state index in [4.69, 9.17) is 32.7 Å². The summed E-state index contributed by atoms with van der Waals surface area (Å²) in [4.78, 5) is 14.1. The molecule has 2 aliphatic rings. The fourth-order valence-corrected chi connectivity index (χ4v) is 3.45. The molecule has 2 aliphatic heterocycles. The van der Waals surface area contributed by atoms with Crippen LogP contribution in [0, 0.1) is 0 Å². The number of carbonyl (C=O) groups excluding carboxylic acids is 1. The van der Waals surface area contributed by atoms with Crippen LogP contribution in [0.2, 0.25) is 10.0 Å². The van der Waals surface area contributed by atoms with Gasteiger partial charge in [-0.25, -0.2) is 4.79 Å². The van der Waals surface area contributed by atoms with Gasteiger partial charge >= 0.3 is 6.03 Å². The molecule has 25 heavy (non-hydrogen) atoms. The molecule has 3 rings (SSSR count). The highest BCUT2D eigenvalue weighted by Gasteiger charge is 2.34. The first-order chi connectivity index (χ1) is 12.1. The number of nitrogens with one attached hydrogen (secondary N) is 2. The molecule has 2 fully saturated rings. The first kappa shape index (κ1) is 18.7. The third kappa shape index (κ3) is 4.99. The molecule has 6 nitrogen and oxygen atoms in total. The van der Waals surface area contributed by atoms with Crippen molar-refractivity contribution < 1.29 is 14.3 Å². The van der Waals surface area contributed by atoms with Gasteiger partial charge in [0.25, 0.3) is 0 Å². The largest absolute Gasteiger partial charge is 0.378 e. The number of ether oxygens (including phenoxy) is 2. The molecular formula is C17H23Cl2N3O3. The number of hydrogen-bond acceptors (Lipinski definition) is 4. The van der Waals surface area contributed by atoms with Crippen molar-refractivity contribution in [2.45, 2.75) is 12.0 Å². The van der Waals surface area contributed by atoms with Gasteiger partial charge in [-0.1, -0.05) is 29.3 Å². The van der Waals surface area contributed by atoms with Crippen LogP contribution in [0.5, 0.6) is 0 Å². The highest BCUT2D eigenvalue weighted by atomic mass is 35.5. The van der Waals surface area contributed by atoms with Crippen molar-refractivity contribution in [3.63, 3.8) is 0 Å². The standard InChI is InChI=1S/C17H23Cl2N3O3/c18-14-2-1-13(9-15(14)19)10-17(11-20-3-6-25-17)12-21-16(23)22-4-7-24-8-5-22/h1-2,9,20H,3-8,10-12H2,(H,21,23). The minimum atomic E-state index is -0.503. The van der Waals surface area contributed by atoms with Crippen LogP contribution in [0.25, 0.3) is 0 Å². The first-order valence-corrected chi connectivity index (χ1v) is 9.23. The maximum absolute atomic E-state index is 12.4. The predicted octanol–water partition coefficient (Wildman–Crippen LogP) is 1.94. The molecule has 1 aromatic carbocycles. The predicted molar refractivity (Wildman–Crippen MR) is 97.5 cm³/mol. The Kier molecular flexibility index (Phi) is 6.41. The number of rotatable bonds is 4. The molecular weight excluding hydrogens is 365 g/mol. The zero-order valence-electron chi connectivity index (χ0n) is 14.0. The zero-order chi connectivity index (χ0) is 17.7. The highest BCUT2D eigenvalue weighted by Crippen LogP contribution is 2.26. The summed E-state index contributed by atoms with van der Waals surface area (Å²) in [5, 5.41) is 7.43. The minimum absolute atomic E-state index is 0.0778. The Morgan fingerprint density at radius 2 is 2.04 bits per heavy atom. The summed E-state index contributed by atoms with van der Waals surface area (Å²) in [5.74, 6) is 0. The topological polar surface area (TPSA) is 62.8 Å². The molecule has 1 atom stereocenters. The molecule has 0 bridgehead atoms. The number of amides is 2. The van der Waals surface area contributed by atoms with Crippen molar-refractivity contribution in [2.24, 2.45) is 0 Å². The second-order valence-electron chi connectivity index (χ2n) is 6.39. The van der Waals surface area contributed by atoms with Gasteiger partial charge in [0.05, 0.1) is 29.9 Å². The monoisotopic (exact) mass is 387 g/mol. The van der Waals surface area contributed by atoms with E-state index in [9.17, 15) is 4.79 Å². The van der Waals surface area contributed by atoms with Gasteiger partial charge in [-0.15, -0.1) is 0 Å². The first-order valence-electron chi connectivity index (χ1n) is 8.47. The van der Waals surface area contributed by atoms with Crippen molar-refractivity contribution in [3.8, 4) is 0 Å². The number of benzene rings is 1. The second kappa shape index (κ2) is 8.56. The SMILES string of the molecule is O=C(NCC1(Cc2ccc(Cl)c(Cl)c2)CNCCO1)N1CCOCC1. The molecule has 0 radical (unpaired) electrons. The fraction of sp³-hybridized carbons (Fsp3) is 0.588. The van der Waals surface area contributed by atoms with Gasteiger partial charge in [-0.3, -0.25) is 0 Å². The summed E-state index contributed by atoms with van der Waals surface area (Å²) in [6.07, 6.45) is 0.639. The average molecular weight is 388 g/mol. The molecule has 2 N–H and O–H groups in total. The molecule has 0 saturated carbocycles. The summed E-state index contributed by atoms with van der Waals surface area (Å²) >= 11 is 12.1. The summed E-state index contributed by atoms with van der Waals surface area (Å²) in [5.41, 5.74) is 0.524. The maximum atomic E-state index is 12.4. The van der Waals surface area contributed by atoms with Crippen molar-refractivity contribution in [1.82, 2.24) is 15.5 Å². The van der Waals surface area contributed by atoms with E-state index in [0.29, 0.717) is 62.5 Å². The van der Waals surface area contributed by atoms with E-state index in [0.717, 1.165) is 12.1 Å². The molecule has 8 heteroatoms. The van der Waals surface area contributed by atoms with E-state index in [1.165, 1.54) is 0 Å². The smallest absolute Gasteiger partial charge is 0.317 e. The van der Waals surface area contributed by atoms with Crippen molar-refractivity contribution in [1.29, 1.82) is 0 Å². The third-order valence-electron chi connectivity index (χ3n) is 4.50. The number of hydrogen-bond donors (Lipinski definition) is 2. The number of carbonyl (C=O) groups is 1. The van der Waals surface area contributed by atoms with E-state index in [1.807, 2.05) is 12.1 Å². The lowest BCUT2D eigenvalue weighted by Gasteiger charge is -2.39. The Morgan fingerprint density at radius 3 is 2.72 bits per heavy atom. The molecule has 2 saturated heterocycles. The molecule has 2 heterocycles. The second-order valence-corrected chi connectivity index (χ2v) is 7.21. The highest BCUT2D eigenvalue weighted by molar-refractivity contribution is 6.42.